The van der Waals surface area contributed by atoms with Crippen molar-refractivity contribution in [3.05, 3.63) is 95.8 Å². The number of carboxylic acid groups (broad SMARTS) is 1. The number of methoxy groups -OCH3 is 2. The minimum absolute atomic E-state index is 0.0384. The Balaban J connectivity index is 1.67. The van der Waals surface area contributed by atoms with Crippen molar-refractivity contribution in [2.75, 3.05) is 26.1 Å². The molecule has 0 bridgehead atoms. The lowest BCUT2D eigenvalue weighted by atomic mass is 9.93. The molecule has 37 heavy (non-hydrogen) atoms. The highest BCUT2D eigenvalue weighted by Crippen LogP contribution is 2.34. The molecule has 0 unspecified atom stereocenters. The van der Waals surface area contributed by atoms with Crippen LogP contribution in [0.15, 0.2) is 79.1 Å². The Bertz CT molecular complexity index is 1390. The van der Waals surface area contributed by atoms with Crippen molar-refractivity contribution in [3.63, 3.8) is 0 Å². The van der Waals surface area contributed by atoms with E-state index < -0.39 is 5.97 Å². The Kier molecular flexibility index (Phi) is 8.18. The zero-order valence-corrected chi connectivity index (χ0v) is 20.7. The van der Waals surface area contributed by atoms with Crippen LogP contribution >= 0.6 is 0 Å². The number of anilines is 2. The van der Waals surface area contributed by atoms with Crippen LogP contribution in [0.25, 0.3) is 11.1 Å². The van der Waals surface area contributed by atoms with Gasteiger partial charge in [-0.1, -0.05) is 24.3 Å². The lowest BCUT2D eigenvalue weighted by molar-refractivity contribution is -0.137. The van der Waals surface area contributed by atoms with Crippen LogP contribution in [0.3, 0.4) is 0 Å². The second-order valence-corrected chi connectivity index (χ2v) is 8.64. The van der Waals surface area contributed by atoms with E-state index in [4.69, 9.17) is 14.7 Å². The third-order valence-corrected chi connectivity index (χ3v) is 6.04. The fourth-order valence-corrected chi connectivity index (χ4v) is 4.15. The summed E-state index contributed by atoms with van der Waals surface area (Å²) in [5.74, 6) is -0.374. The van der Waals surface area contributed by atoms with Crippen molar-refractivity contribution < 1.29 is 19.4 Å². The van der Waals surface area contributed by atoms with Gasteiger partial charge in [0.05, 0.1) is 44.5 Å². The molecule has 0 saturated carbocycles. The van der Waals surface area contributed by atoms with Gasteiger partial charge in [-0.2, -0.15) is 10.4 Å². The SMILES string of the molecule is COC[C@H](CC(=O)O)c1ccc(-c2cnn(Cc3ccc(OC)cc3)c2)c(Nc2ccc(C#N)cc2)c1. The quantitative estimate of drug-likeness (QED) is 0.285. The van der Waals surface area contributed by atoms with Crippen molar-refractivity contribution in [1.29, 1.82) is 5.26 Å². The molecule has 4 rings (SSSR count). The second-order valence-electron chi connectivity index (χ2n) is 8.64. The van der Waals surface area contributed by atoms with Crippen LogP contribution in [0.4, 0.5) is 11.4 Å². The number of nitrogens with one attached hydrogen (secondary N) is 1. The summed E-state index contributed by atoms with van der Waals surface area (Å²) in [4.78, 5) is 11.5. The van der Waals surface area contributed by atoms with Gasteiger partial charge in [-0.3, -0.25) is 9.48 Å². The minimum Gasteiger partial charge on any atom is -0.497 e. The van der Waals surface area contributed by atoms with Gasteiger partial charge >= 0.3 is 5.97 Å². The van der Waals surface area contributed by atoms with E-state index in [9.17, 15) is 9.90 Å². The first-order valence-electron chi connectivity index (χ1n) is 11.8. The molecule has 0 saturated heterocycles. The monoisotopic (exact) mass is 496 g/mol. The standard InChI is InChI=1S/C29H28N4O4/c1-36-19-23(14-29(34)35)22-7-12-27(28(13-22)32-25-8-3-20(15-30)4-9-25)24-16-31-33(18-24)17-21-5-10-26(37-2)11-6-21/h3-13,16,18,23,32H,14,17,19H2,1-2H3,(H,34,35)/t23-/m0/s1. The van der Waals surface area contributed by atoms with Crippen molar-refractivity contribution in [1.82, 2.24) is 9.78 Å². The molecule has 0 spiro atoms. The minimum atomic E-state index is -0.882. The maximum Gasteiger partial charge on any atom is 0.304 e. The van der Waals surface area contributed by atoms with Gasteiger partial charge in [-0.05, 0) is 53.6 Å². The number of aliphatic carboxylic acids is 1. The number of hydrogen-bond acceptors (Lipinski definition) is 6. The molecular weight excluding hydrogens is 468 g/mol. The molecule has 8 heteroatoms. The smallest absolute Gasteiger partial charge is 0.304 e. The number of nitriles is 1. The van der Waals surface area contributed by atoms with Gasteiger partial charge in [0.25, 0.3) is 0 Å². The Morgan fingerprint density at radius 3 is 2.51 bits per heavy atom. The van der Waals surface area contributed by atoms with E-state index in [1.54, 1.807) is 26.4 Å². The predicted octanol–water partition coefficient (Wildman–Crippen LogP) is 5.43. The number of rotatable bonds is 11. The van der Waals surface area contributed by atoms with E-state index in [0.29, 0.717) is 18.7 Å². The van der Waals surface area contributed by atoms with Crippen LogP contribution in [0.2, 0.25) is 0 Å². The fourth-order valence-electron chi connectivity index (χ4n) is 4.15. The van der Waals surface area contributed by atoms with E-state index in [0.717, 1.165) is 39.4 Å². The van der Waals surface area contributed by atoms with E-state index in [-0.39, 0.29) is 12.3 Å². The van der Waals surface area contributed by atoms with Crippen LogP contribution < -0.4 is 10.1 Å². The molecule has 4 aromatic rings. The van der Waals surface area contributed by atoms with E-state index in [2.05, 4.69) is 16.5 Å². The zero-order valence-electron chi connectivity index (χ0n) is 20.7. The van der Waals surface area contributed by atoms with Gasteiger partial charge in [0.1, 0.15) is 5.75 Å². The van der Waals surface area contributed by atoms with Crippen molar-refractivity contribution >= 4 is 17.3 Å². The van der Waals surface area contributed by atoms with Crippen LogP contribution in [0.1, 0.15) is 29.0 Å². The summed E-state index contributed by atoms with van der Waals surface area (Å²) in [5.41, 5.74) is 5.97. The van der Waals surface area contributed by atoms with Crippen LogP contribution in [-0.2, 0) is 16.1 Å². The molecule has 0 radical (unpaired) electrons. The molecule has 188 valence electrons. The topological polar surface area (TPSA) is 109 Å². The number of ether oxygens (including phenoxy) is 2. The summed E-state index contributed by atoms with van der Waals surface area (Å²) in [6.45, 7) is 0.900. The Morgan fingerprint density at radius 1 is 1.11 bits per heavy atom. The largest absolute Gasteiger partial charge is 0.497 e. The molecule has 2 N–H and O–H groups in total. The first-order chi connectivity index (χ1) is 18.0. The maximum atomic E-state index is 11.5. The molecule has 0 amide bonds. The average molecular weight is 497 g/mol. The Labute approximate surface area is 215 Å². The maximum absolute atomic E-state index is 11.5. The lowest BCUT2D eigenvalue weighted by Gasteiger charge is -2.18. The molecule has 1 heterocycles. The summed E-state index contributed by atoms with van der Waals surface area (Å²) in [6.07, 6.45) is 3.75. The average Bonchev–Trinajstić information content (AvgIpc) is 3.37. The third-order valence-electron chi connectivity index (χ3n) is 6.04. The van der Waals surface area contributed by atoms with Crippen LogP contribution in [-0.4, -0.2) is 41.7 Å². The number of benzene rings is 3. The lowest BCUT2D eigenvalue weighted by Crippen LogP contribution is -2.12. The number of nitrogens with zero attached hydrogens (tertiary/aromatic N) is 3. The second kappa shape index (κ2) is 11.9. The highest BCUT2D eigenvalue weighted by molar-refractivity contribution is 5.81. The van der Waals surface area contributed by atoms with Gasteiger partial charge < -0.3 is 19.9 Å². The normalized spacial score (nSPS) is 11.5. The molecule has 0 aliphatic carbocycles. The van der Waals surface area contributed by atoms with Gasteiger partial charge in [0.15, 0.2) is 0 Å². The van der Waals surface area contributed by atoms with Crippen LogP contribution in [0.5, 0.6) is 5.75 Å². The Morgan fingerprint density at radius 2 is 1.86 bits per heavy atom. The zero-order chi connectivity index (χ0) is 26.2. The summed E-state index contributed by atoms with van der Waals surface area (Å²) in [5, 5.41) is 26.5. The number of carboxylic acids is 1. The van der Waals surface area contributed by atoms with Crippen LogP contribution in [0, 0.1) is 11.3 Å². The summed E-state index contributed by atoms with van der Waals surface area (Å²) in [7, 11) is 3.21. The third kappa shape index (κ3) is 6.54. The highest BCUT2D eigenvalue weighted by atomic mass is 16.5. The first-order valence-corrected chi connectivity index (χ1v) is 11.8. The number of carbonyl (C=O) groups is 1. The van der Waals surface area contributed by atoms with Gasteiger partial charge in [-0.15, -0.1) is 0 Å². The molecular formula is C29H28N4O4. The van der Waals surface area contributed by atoms with Gasteiger partial charge in [-0.25, -0.2) is 0 Å². The van der Waals surface area contributed by atoms with E-state index in [1.165, 1.54) is 0 Å². The molecule has 3 aromatic carbocycles. The van der Waals surface area contributed by atoms with E-state index in [1.807, 2.05) is 71.7 Å². The molecule has 0 fully saturated rings. The summed E-state index contributed by atoms with van der Waals surface area (Å²) in [6, 6.07) is 23.0. The number of hydrogen-bond donors (Lipinski definition) is 2. The predicted molar refractivity (Wildman–Crippen MR) is 141 cm³/mol. The molecule has 0 aliphatic rings. The summed E-state index contributed by atoms with van der Waals surface area (Å²) < 4.78 is 12.4. The summed E-state index contributed by atoms with van der Waals surface area (Å²) >= 11 is 0. The highest BCUT2D eigenvalue weighted by Gasteiger charge is 2.18. The van der Waals surface area contributed by atoms with Crippen molar-refractivity contribution in [2.45, 2.75) is 18.9 Å². The molecule has 0 aliphatic heterocycles. The van der Waals surface area contributed by atoms with E-state index >= 15 is 0 Å². The van der Waals surface area contributed by atoms with Crippen molar-refractivity contribution in [2.24, 2.45) is 0 Å². The van der Waals surface area contributed by atoms with Gasteiger partial charge in [0.2, 0.25) is 0 Å². The molecule has 8 nitrogen and oxygen atoms in total. The Hall–Kier alpha value is -4.61. The fraction of sp³-hybridized carbons (Fsp3) is 0.207. The molecule has 1 atom stereocenters. The molecule has 1 aromatic heterocycles. The van der Waals surface area contributed by atoms with Gasteiger partial charge in [0, 0.05) is 41.7 Å². The van der Waals surface area contributed by atoms with Crippen molar-refractivity contribution in [3.8, 4) is 22.9 Å². The first kappa shape index (κ1) is 25.5. The number of aromatic nitrogens is 2.